The topological polar surface area (TPSA) is 38.8 Å². The van der Waals surface area contributed by atoms with Crippen molar-refractivity contribution in [1.29, 1.82) is 0 Å². The first-order valence-corrected chi connectivity index (χ1v) is 6.16. The van der Waals surface area contributed by atoms with Gasteiger partial charge in [0, 0.05) is 19.7 Å². The average molecular weight is 272 g/mol. The molecule has 0 saturated heterocycles. The maximum atomic E-state index is 11.3. The number of likely N-dealkylation sites (N-methyl/N-ethyl adjacent to an activating group) is 1. The van der Waals surface area contributed by atoms with Gasteiger partial charge in [0.2, 0.25) is 5.91 Å². The highest BCUT2D eigenvalue weighted by Crippen LogP contribution is 2.24. The third-order valence-electron chi connectivity index (χ3n) is 2.75. The van der Waals surface area contributed by atoms with Crippen LogP contribution < -0.4 is 9.47 Å². The smallest absolute Gasteiger partial charge is 0.237 e. The van der Waals surface area contributed by atoms with Gasteiger partial charge in [-0.1, -0.05) is 6.07 Å². The summed E-state index contributed by atoms with van der Waals surface area (Å²) in [6.07, 6.45) is 0.715. The van der Waals surface area contributed by atoms with Gasteiger partial charge in [-0.15, -0.1) is 11.6 Å². The lowest BCUT2D eigenvalue weighted by Gasteiger charge is -2.17. The fourth-order valence-electron chi connectivity index (χ4n) is 1.57. The maximum absolute atomic E-state index is 11.3. The molecule has 0 radical (unpaired) electrons. The lowest BCUT2D eigenvalue weighted by atomic mass is 10.1. The first kappa shape index (κ1) is 14.6. The minimum Gasteiger partial charge on any atom is -0.497 e. The second-order valence-electron chi connectivity index (χ2n) is 3.88. The normalized spacial score (nSPS) is 10.0. The molecule has 5 heteroatoms. The van der Waals surface area contributed by atoms with Crippen LogP contribution in [0.1, 0.15) is 5.56 Å². The van der Waals surface area contributed by atoms with E-state index in [1.165, 1.54) is 0 Å². The lowest BCUT2D eigenvalue weighted by molar-refractivity contribution is -0.127. The molecule has 100 valence electrons. The predicted molar refractivity (Wildman–Crippen MR) is 71.6 cm³/mol. The Morgan fingerprint density at radius 1 is 1.33 bits per heavy atom. The van der Waals surface area contributed by atoms with Crippen molar-refractivity contribution in [3.63, 3.8) is 0 Å². The summed E-state index contributed by atoms with van der Waals surface area (Å²) in [5.74, 6) is 1.45. The molecule has 1 aromatic rings. The SMILES string of the molecule is COc1ccc(CCN(C)C(=O)CCl)c(OC)c1. The van der Waals surface area contributed by atoms with Crippen molar-refractivity contribution in [2.24, 2.45) is 0 Å². The van der Waals surface area contributed by atoms with E-state index in [0.29, 0.717) is 13.0 Å². The van der Waals surface area contributed by atoms with Crippen LogP contribution in [-0.2, 0) is 11.2 Å². The Labute approximate surface area is 112 Å². The summed E-state index contributed by atoms with van der Waals surface area (Å²) in [6, 6.07) is 5.65. The number of methoxy groups -OCH3 is 2. The number of amides is 1. The van der Waals surface area contributed by atoms with Gasteiger partial charge in [-0.25, -0.2) is 0 Å². The van der Waals surface area contributed by atoms with E-state index < -0.39 is 0 Å². The van der Waals surface area contributed by atoms with Crippen LogP contribution >= 0.6 is 11.6 Å². The van der Waals surface area contributed by atoms with Crippen LogP contribution in [0, 0.1) is 0 Å². The lowest BCUT2D eigenvalue weighted by Crippen LogP contribution is -2.29. The predicted octanol–water partition coefficient (Wildman–Crippen LogP) is 1.94. The van der Waals surface area contributed by atoms with Crippen LogP contribution in [0.4, 0.5) is 0 Å². The number of nitrogens with zero attached hydrogens (tertiary/aromatic N) is 1. The van der Waals surface area contributed by atoms with Crippen molar-refractivity contribution in [2.45, 2.75) is 6.42 Å². The van der Waals surface area contributed by atoms with Gasteiger partial charge in [-0.3, -0.25) is 4.79 Å². The Bertz CT molecular complexity index is 409. The first-order valence-electron chi connectivity index (χ1n) is 5.63. The zero-order chi connectivity index (χ0) is 13.5. The highest BCUT2D eigenvalue weighted by atomic mass is 35.5. The van der Waals surface area contributed by atoms with Crippen molar-refractivity contribution >= 4 is 17.5 Å². The minimum atomic E-state index is -0.0795. The van der Waals surface area contributed by atoms with Gasteiger partial charge in [0.05, 0.1) is 14.2 Å². The molecule has 0 spiro atoms. The van der Waals surface area contributed by atoms with Crippen LogP contribution in [0.5, 0.6) is 11.5 Å². The molecule has 1 amide bonds. The van der Waals surface area contributed by atoms with Gasteiger partial charge in [0.25, 0.3) is 0 Å². The van der Waals surface area contributed by atoms with E-state index in [2.05, 4.69) is 0 Å². The number of ether oxygens (including phenoxy) is 2. The Morgan fingerprint density at radius 3 is 2.61 bits per heavy atom. The second-order valence-corrected chi connectivity index (χ2v) is 4.14. The number of halogens is 1. The molecule has 4 nitrogen and oxygen atoms in total. The Balaban J connectivity index is 2.69. The Kier molecular flexibility index (Phi) is 5.78. The third-order valence-corrected chi connectivity index (χ3v) is 2.98. The molecule has 0 aliphatic carbocycles. The highest BCUT2D eigenvalue weighted by molar-refractivity contribution is 6.27. The van der Waals surface area contributed by atoms with Gasteiger partial charge in [0.1, 0.15) is 17.4 Å². The Morgan fingerprint density at radius 2 is 2.06 bits per heavy atom. The summed E-state index contributed by atoms with van der Waals surface area (Å²) in [6.45, 7) is 0.605. The summed E-state index contributed by atoms with van der Waals surface area (Å²) < 4.78 is 10.4. The molecule has 0 aliphatic rings. The zero-order valence-electron chi connectivity index (χ0n) is 10.9. The molecule has 1 rings (SSSR count). The van der Waals surface area contributed by atoms with E-state index >= 15 is 0 Å². The number of benzene rings is 1. The standard InChI is InChI=1S/C13H18ClNO3/c1-15(13(16)9-14)7-6-10-4-5-11(17-2)8-12(10)18-3/h4-5,8H,6-7,9H2,1-3H3. The molecular weight excluding hydrogens is 254 g/mol. The fourth-order valence-corrected chi connectivity index (χ4v) is 1.78. The highest BCUT2D eigenvalue weighted by Gasteiger charge is 2.09. The molecule has 0 aromatic heterocycles. The molecule has 0 aliphatic heterocycles. The molecule has 1 aromatic carbocycles. The summed E-state index contributed by atoms with van der Waals surface area (Å²) in [5, 5.41) is 0. The van der Waals surface area contributed by atoms with Crippen LogP contribution in [0.15, 0.2) is 18.2 Å². The average Bonchev–Trinajstić information content (AvgIpc) is 2.43. The quantitative estimate of drug-likeness (QED) is 0.743. The molecule has 0 bridgehead atoms. The number of carbonyl (C=O) groups is 1. The number of carbonyl (C=O) groups excluding carboxylic acids is 1. The largest absolute Gasteiger partial charge is 0.497 e. The van der Waals surface area contributed by atoms with Crippen LogP contribution in [0.2, 0.25) is 0 Å². The monoisotopic (exact) mass is 271 g/mol. The number of rotatable bonds is 6. The van der Waals surface area contributed by atoms with E-state index in [4.69, 9.17) is 21.1 Å². The van der Waals surface area contributed by atoms with Gasteiger partial charge in [0.15, 0.2) is 0 Å². The van der Waals surface area contributed by atoms with E-state index in [9.17, 15) is 4.79 Å². The van der Waals surface area contributed by atoms with Crippen molar-refractivity contribution in [1.82, 2.24) is 4.90 Å². The third kappa shape index (κ3) is 3.81. The molecule has 0 fully saturated rings. The van der Waals surface area contributed by atoms with E-state index in [-0.39, 0.29) is 11.8 Å². The van der Waals surface area contributed by atoms with Crippen molar-refractivity contribution < 1.29 is 14.3 Å². The van der Waals surface area contributed by atoms with E-state index in [1.54, 1.807) is 26.2 Å². The van der Waals surface area contributed by atoms with Crippen molar-refractivity contribution in [2.75, 3.05) is 33.7 Å². The van der Waals surface area contributed by atoms with Crippen LogP contribution in [0.25, 0.3) is 0 Å². The van der Waals surface area contributed by atoms with Gasteiger partial charge >= 0.3 is 0 Å². The first-order chi connectivity index (χ1) is 8.62. The zero-order valence-corrected chi connectivity index (χ0v) is 11.7. The summed E-state index contributed by atoms with van der Waals surface area (Å²) in [4.78, 5) is 12.9. The van der Waals surface area contributed by atoms with Crippen molar-refractivity contribution in [3.05, 3.63) is 23.8 Å². The molecule has 0 saturated carbocycles. The summed E-state index contributed by atoms with van der Waals surface area (Å²) in [7, 11) is 4.97. The number of hydrogen-bond donors (Lipinski definition) is 0. The number of alkyl halides is 1. The minimum absolute atomic E-state index is 0.0102. The molecule has 0 atom stereocenters. The summed E-state index contributed by atoms with van der Waals surface area (Å²) >= 11 is 5.49. The molecule has 18 heavy (non-hydrogen) atoms. The maximum Gasteiger partial charge on any atom is 0.237 e. The fraction of sp³-hybridized carbons (Fsp3) is 0.462. The van der Waals surface area contributed by atoms with E-state index in [1.807, 2.05) is 18.2 Å². The van der Waals surface area contributed by atoms with Crippen molar-refractivity contribution in [3.8, 4) is 11.5 Å². The molecular formula is C13H18ClNO3. The van der Waals surface area contributed by atoms with Crippen LogP contribution in [-0.4, -0.2) is 44.5 Å². The summed E-state index contributed by atoms with van der Waals surface area (Å²) in [5.41, 5.74) is 1.03. The Hall–Kier alpha value is -1.42. The van der Waals surface area contributed by atoms with Gasteiger partial charge < -0.3 is 14.4 Å². The molecule has 0 N–H and O–H groups in total. The van der Waals surface area contributed by atoms with Crippen LogP contribution in [0.3, 0.4) is 0 Å². The van der Waals surface area contributed by atoms with E-state index in [0.717, 1.165) is 17.1 Å². The number of hydrogen-bond acceptors (Lipinski definition) is 3. The second kappa shape index (κ2) is 7.11. The molecule has 0 unspecified atom stereocenters. The molecule has 0 heterocycles. The van der Waals surface area contributed by atoms with Gasteiger partial charge in [-0.2, -0.15) is 0 Å². The van der Waals surface area contributed by atoms with Gasteiger partial charge in [-0.05, 0) is 18.1 Å².